The SMILES string of the molecule is O=C1NCC(N2C(=O)c3ccccc3C2=O)C(=O)N1O. The van der Waals surface area contributed by atoms with Crippen molar-refractivity contribution >= 4 is 23.8 Å². The van der Waals surface area contributed by atoms with Crippen molar-refractivity contribution in [2.24, 2.45) is 0 Å². The van der Waals surface area contributed by atoms with Gasteiger partial charge < -0.3 is 5.32 Å². The number of benzene rings is 1. The largest absolute Gasteiger partial charge is 0.348 e. The van der Waals surface area contributed by atoms with Crippen molar-refractivity contribution in [1.29, 1.82) is 0 Å². The molecule has 0 bridgehead atoms. The molecule has 2 N–H and O–H groups in total. The van der Waals surface area contributed by atoms with Gasteiger partial charge >= 0.3 is 6.03 Å². The van der Waals surface area contributed by atoms with Gasteiger partial charge in [0.05, 0.1) is 11.1 Å². The summed E-state index contributed by atoms with van der Waals surface area (Å²) in [7, 11) is 0. The van der Waals surface area contributed by atoms with Crippen LogP contribution in [0.25, 0.3) is 0 Å². The number of rotatable bonds is 1. The number of amides is 5. The Morgan fingerprint density at radius 2 is 1.60 bits per heavy atom. The van der Waals surface area contributed by atoms with Crippen LogP contribution in [-0.2, 0) is 4.79 Å². The Labute approximate surface area is 112 Å². The van der Waals surface area contributed by atoms with Gasteiger partial charge in [-0.15, -0.1) is 5.06 Å². The minimum Gasteiger partial charge on any atom is -0.333 e. The van der Waals surface area contributed by atoms with E-state index in [1.165, 1.54) is 12.1 Å². The Morgan fingerprint density at radius 3 is 2.15 bits per heavy atom. The number of hydrogen-bond donors (Lipinski definition) is 2. The Hall–Kier alpha value is -2.74. The fourth-order valence-electron chi connectivity index (χ4n) is 2.28. The second-order valence-corrected chi connectivity index (χ2v) is 4.38. The first-order chi connectivity index (χ1) is 9.52. The van der Waals surface area contributed by atoms with Crippen LogP contribution >= 0.6 is 0 Å². The molecule has 0 radical (unpaired) electrons. The molecular weight excluding hydrogens is 266 g/mol. The van der Waals surface area contributed by atoms with Crippen LogP contribution < -0.4 is 5.32 Å². The average Bonchev–Trinajstić information content (AvgIpc) is 2.70. The zero-order chi connectivity index (χ0) is 14.4. The predicted molar refractivity (Wildman–Crippen MR) is 62.8 cm³/mol. The molecule has 2 aliphatic rings. The third kappa shape index (κ3) is 1.51. The Kier molecular flexibility index (Phi) is 2.54. The molecule has 5 amide bonds. The maximum Gasteiger partial charge on any atom is 0.348 e. The lowest BCUT2D eigenvalue weighted by Crippen LogP contribution is -2.62. The third-order valence-corrected chi connectivity index (χ3v) is 3.27. The van der Waals surface area contributed by atoms with Crippen LogP contribution in [-0.4, -0.2) is 51.5 Å². The fraction of sp³-hybridized carbons (Fsp3) is 0.167. The van der Waals surface area contributed by atoms with E-state index in [2.05, 4.69) is 5.32 Å². The molecule has 0 aromatic heterocycles. The highest BCUT2D eigenvalue weighted by Crippen LogP contribution is 2.25. The summed E-state index contributed by atoms with van der Waals surface area (Å²) in [6.45, 7) is -0.222. The summed E-state index contributed by atoms with van der Waals surface area (Å²) in [6, 6.07) is 3.95. The summed E-state index contributed by atoms with van der Waals surface area (Å²) in [5.74, 6) is -2.25. The van der Waals surface area contributed by atoms with E-state index in [-0.39, 0.29) is 22.7 Å². The van der Waals surface area contributed by atoms with Crippen molar-refractivity contribution in [2.45, 2.75) is 6.04 Å². The summed E-state index contributed by atoms with van der Waals surface area (Å²) in [5, 5.41) is 11.4. The molecule has 1 aromatic rings. The van der Waals surface area contributed by atoms with E-state index in [1.54, 1.807) is 12.1 Å². The summed E-state index contributed by atoms with van der Waals surface area (Å²) in [5.41, 5.74) is 0.401. The minimum absolute atomic E-state index is 0.127. The lowest BCUT2D eigenvalue weighted by Gasteiger charge is -2.31. The highest BCUT2D eigenvalue weighted by molar-refractivity contribution is 6.23. The van der Waals surface area contributed by atoms with Gasteiger partial charge in [-0.05, 0) is 12.1 Å². The van der Waals surface area contributed by atoms with Crippen LogP contribution in [0.1, 0.15) is 20.7 Å². The monoisotopic (exact) mass is 275 g/mol. The van der Waals surface area contributed by atoms with Gasteiger partial charge in [-0.1, -0.05) is 12.1 Å². The van der Waals surface area contributed by atoms with Gasteiger partial charge in [0.25, 0.3) is 17.7 Å². The topological polar surface area (TPSA) is 107 Å². The Morgan fingerprint density at radius 1 is 1.05 bits per heavy atom. The van der Waals surface area contributed by atoms with Crippen LogP contribution in [0.3, 0.4) is 0 Å². The van der Waals surface area contributed by atoms with Gasteiger partial charge in [0.1, 0.15) is 6.04 Å². The molecule has 2 heterocycles. The zero-order valence-electron chi connectivity index (χ0n) is 10.1. The van der Waals surface area contributed by atoms with E-state index in [0.717, 1.165) is 4.90 Å². The molecule has 0 saturated carbocycles. The van der Waals surface area contributed by atoms with Gasteiger partial charge in [-0.25, -0.2) is 4.79 Å². The maximum absolute atomic E-state index is 12.2. The number of nitrogens with zero attached hydrogens (tertiary/aromatic N) is 2. The predicted octanol–water partition coefficient (Wildman–Crippen LogP) is -0.408. The smallest absolute Gasteiger partial charge is 0.333 e. The molecule has 1 fully saturated rings. The zero-order valence-corrected chi connectivity index (χ0v) is 10.1. The lowest BCUT2D eigenvalue weighted by atomic mass is 10.1. The van der Waals surface area contributed by atoms with E-state index >= 15 is 0 Å². The summed E-state index contributed by atoms with van der Waals surface area (Å²) in [4.78, 5) is 48.1. The molecule has 3 rings (SSSR count). The highest BCUT2D eigenvalue weighted by atomic mass is 16.5. The summed E-state index contributed by atoms with van der Waals surface area (Å²) >= 11 is 0. The van der Waals surface area contributed by atoms with Gasteiger partial charge in [0.15, 0.2) is 0 Å². The van der Waals surface area contributed by atoms with Crippen LogP contribution in [0.2, 0.25) is 0 Å². The van der Waals surface area contributed by atoms with E-state index in [9.17, 15) is 24.4 Å². The number of nitrogens with one attached hydrogen (secondary N) is 1. The second-order valence-electron chi connectivity index (χ2n) is 4.38. The highest BCUT2D eigenvalue weighted by Gasteiger charge is 2.46. The molecule has 1 atom stereocenters. The van der Waals surface area contributed by atoms with E-state index in [0.29, 0.717) is 0 Å². The first-order valence-electron chi connectivity index (χ1n) is 5.80. The van der Waals surface area contributed by atoms with E-state index < -0.39 is 29.8 Å². The minimum atomic E-state index is -1.25. The molecule has 0 spiro atoms. The second kappa shape index (κ2) is 4.14. The number of fused-ring (bicyclic) bond motifs is 1. The molecule has 1 unspecified atom stereocenters. The number of imide groups is 2. The summed E-state index contributed by atoms with van der Waals surface area (Å²) < 4.78 is 0. The molecule has 1 aromatic carbocycles. The molecule has 2 aliphatic heterocycles. The van der Waals surface area contributed by atoms with Crippen LogP contribution in [0.5, 0.6) is 0 Å². The molecule has 0 aliphatic carbocycles. The standard InChI is InChI=1S/C12H9N3O5/c16-9-6-3-1-2-4-7(6)10(17)14(9)8-5-13-12(19)15(20)11(8)18/h1-4,8,20H,5H2,(H,13,19). The first kappa shape index (κ1) is 12.3. The Balaban J connectivity index is 1.97. The van der Waals surface area contributed by atoms with Gasteiger partial charge in [0, 0.05) is 6.54 Å². The maximum atomic E-state index is 12.2. The number of urea groups is 1. The van der Waals surface area contributed by atoms with Gasteiger partial charge in [-0.3, -0.25) is 24.5 Å². The van der Waals surface area contributed by atoms with Crippen molar-refractivity contribution in [3.05, 3.63) is 35.4 Å². The molecule has 102 valence electrons. The number of carbonyl (C=O) groups is 4. The van der Waals surface area contributed by atoms with E-state index in [4.69, 9.17) is 0 Å². The normalized spacial score (nSPS) is 22.1. The molecule has 20 heavy (non-hydrogen) atoms. The van der Waals surface area contributed by atoms with Crippen molar-refractivity contribution in [3.8, 4) is 0 Å². The molecule has 8 nitrogen and oxygen atoms in total. The van der Waals surface area contributed by atoms with Gasteiger partial charge in [0.2, 0.25) is 0 Å². The average molecular weight is 275 g/mol. The number of hydroxylamine groups is 2. The van der Waals surface area contributed by atoms with Crippen molar-refractivity contribution in [2.75, 3.05) is 6.54 Å². The number of carbonyl (C=O) groups excluding carboxylic acids is 4. The first-order valence-corrected chi connectivity index (χ1v) is 5.80. The van der Waals surface area contributed by atoms with Crippen molar-refractivity contribution in [1.82, 2.24) is 15.3 Å². The number of hydrogen-bond acceptors (Lipinski definition) is 5. The molecule has 1 saturated heterocycles. The molecular formula is C12H9N3O5. The quantitative estimate of drug-likeness (QED) is 0.535. The lowest BCUT2D eigenvalue weighted by molar-refractivity contribution is -0.159. The van der Waals surface area contributed by atoms with Crippen LogP contribution in [0, 0.1) is 0 Å². The van der Waals surface area contributed by atoms with Crippen LogP contribution in [0.4, 0.5) is 4.79 Å². The third-order valence-electron chi connectivity index (χ3n) is 3.27. The van der Waals surface area contributed by atoms with E-state index in [1.807, 2.05) is 0 Å². The Bertz CT molecular complexity index is 621. The molecule has 8 heteroatoms. The van der Waals surface area contributed by atoms with Crippen molar-refractivity contribution < 1.29 is 24.4 Å². The van der Waals surface area contributed by atoms with Gasteiger partial charge in [-0.2, -0.15) is 0 Å². The summed E-state index contributed by atoms with van der Waals surface area (Å²) in [6.07, 6.45) is 0. The fourth-order valence-corrected chi connectivity index (χ4v) is 2.28. The van der Waals surface area contributed by atoms with Crippen molar-refractivity contribution in [3.63, 3.8) is 0 Å². The van der Waals surface area contributed by atoms with Crippen LogP contribution in [0.15, 0.2) is 24.3 Å².